The van der Waals surface area contributed by atoms with Crippen molar-refractivity contribution in [2.75, 3.05) is 6.54 Å². The van der Waals surface area contributed by atoms with E-state index in [1.807, 2.05) is 13.8 Å². The van der Waals surface area contributed by atoms with Crippen LogP contribution in [-0.2, 0) is 0 Å². The molecule has 1 atom stereocenters. The van der Waals surface area contributed by atoms with Gasteiger partial charge in [0.05, 0.1) is 0 Å². The molecule has 0 fully saturated rings. The Kier molecular flexibility index (Phi) is 5.65. The second kappa shape index (κ2) is 5.95. The molecule has 0 aliphatic heterocycles. The topological polar surface area (TPSA) is 72.3 Å². The Bertz CT molecular complexity index is 305. The van der Waals surface area contributed by atoms with E-state index in [9.17, 15) is 5.11 Å². The molecule has 0 saturated heterocycles. The number of benzene rings is 1. The maximum absolute atomic E-state index is 9.36. The van der Waals surface area contributed by atoms with Gasteiger partial charge in [-0.05, 0) is 55.6 Å². The lowest BCUT2D eigenvalue weighted by atomic mass is 9.94. The van der Waals surface area contributed by atoms with Crippen molar-refractivity contribution in [2.45, 2.75) is 26.3 Å². The highest BCUT2D eigenvalue weighted by Gasteiger charge is 2.11. The Morgan fingerprint density at radius 1 is 1.27 bits per heavy atom. The molecule has 0 heterocycles. The van der Waals surface area contributed by atoms with E-state index >= 15 is 0 Å². The van der Waals surface area contributed by atoms with Crippen molar-refractivity contribution >= 4 is 12.4 Å². The minimum Gasteiger partial charge on any atom is -0.508 e. The van der Waals surface area contributed by atoms with E-state index < -0.39 is 0 Å². The van der Waals surface area contributed by atoms with E-state index in [1.54, 1.807) is 12.1 Å². The number of phenols is 1. The van der Waals surface area contributed by atoms with Gasteiger partial charge in [-0.1, -0.05) is 0 Å². The van der Waals surface area contributed by atoms with Crippen LogP contribution in [0, 0.1) is 13.8 Å². The van der Waals surface area contributed by atoms with E-state index in [2.05, 4.69) is 0 Å². The minimum absolute atomic E-state index is 0. The number of aryl methyl sites for hydroxylation is 2. The SMILES string of the molecule is Cc1cc(O)cc(C)c1[C@H](N)CCN.Cl. The number of rotatable bonds is 3. The molecule has 0 aromatic heterocycles. The van der Waals surface area contributed by atoms with Gasteiger partial charge in [0.2, 0.25) is 0 Å². The van der Waals surface area contributed by atoms with Crippen molar-refractivity contribution < 1.29 is 5.11 Å². The van der Waals surface area contributed by atoms with E-state index in [1.165, 1.54) is 0 Å². The fourth-order valence-electron chi connectivity index (χ4n) is 1.86. The van der Waals surface area contributed by atoms with Crippen LogP contribution in [0.5, 0.6) is 5.75 Å². The lowest BCUT2D eigenvalue weighted by Gasteiger charge is -2.17. The average Bonchev–Trinajstić information content (AvgIpc) is 2.01. The predicted molar refractivity (Wildman–Crippen MR) is 65.4 cm³/mol. The zero-order chi connectivity index (χ0) is 10.7. The van der Waals surface area contributed by atoms with Crippen LogP contribution < -0.4 is 11.5 Å². The summed E-state index contributed by atoms with van der Waals surface area (Å²) in [5, 5.41) is 9.36. The number of phenolic OH excluding ortho intramolecular Hbond substituents is 1. The molecule has 1 rings (SSSR count). The van der Waals surface area contributed by atoms with Gasteiger partial charge >= 0.3 is 0 Å². The number of hydrogen-bond acceptors (Lipinski definition) is 3. The molecule has 1 aromatic rings. The Morgan fingerprint density at radius 2 is 1.73 bits per heavy atom. The highest BCUT2D eigenvalue weighted by atomic mass is 35.5. The van der Waals surface area contributed by atoms with Crippen LogP contribution in [0.4, 0.5) is 0 Å². The van der Waals surface area contributed by atoms with Gasteiger partial charge in [-0.15, -0.1) is 12.4 Å². The molecule has 0 unspecified atom stereocenters. The average molecular weight is 231 g/mol. The number of halogens is 1. The molecule has 0 saturated carbocycles. The van der Waals surface area contributed by atoms with E-state index in [0.717, 1.165) is 23.1 Å². The van der Waals surface area contributed by atoms with Crippen molar-refractivity contribution in [2.24, 2.45) is 11.5 Å². The van der Waals surface area contributed by atoms with Crippen LogP contribution in [-0.4, -0.2) is 11.7 Å². The Balaban J connectivity index is 0.00000196. The molecule has 0 bridgehead atoms. The molecular weight excluding hydrogens is 212 g/mol. The molecular formula is C11H19ClN2O. The smallest absolute Gasteiger partial charge is 0.116 e. The second-order valence-electron chi connectivity index (χ2n) is 3.68. The first-order chi connectivity index (χ1) is 6.56. The van der Waals surface area contributed by atoms with E-state index in [4.69, 9.17) is 11.5 Å². The predicted octanol–water partition coefficient (Wildman–Crippen LogP) is 1.78. The second-order valence-corrected chi connectivity index (χ2v) is 3.68. The molecule has 5 N–H and O–H groups in total. The Hall–Kier alpha value is -0.770. The van der Waals surface area contributed by atoms with Crippen molar-refractivity contribution in [3.8, 4) is 5.75 Å². The normalized spacial score (nSPS) is 12.0. The fourth-order valence-corrected chi connectivity index (χ4v) is 1.86. The lowest BCUT2D eigenvalue weighted by Crippen LogP contribution is -2.17. The van der Waals surface area contributed by atoms with Gasteiger partial charge in [-0.25, -0.2) is 0 Å². The fraction of sp³-hybridized carbons (Fsp3) is 0.455. The first-order valence-electron chi connectivity index (χ1n) is 4.82. The largest absolute Gasteiger partial charge is 0.508 e. The van der Waals surface area contributed by atoms with Gasteiger partial charge in [-0.2, -0.15) is 0 Å². The van der Waals surface area contributed by atoms with Crippen LogP contribution in [0.2, 0.25) is 0 Å². The van der Waals surface area contributed by atoms with Crippen molar-refractivity contribution in [1.29, 1.82) is 0 Å². The first-order valence-corrected chi connectivity index (χ1v) is 4.82. The Labute approximate surface area is 96.9 Å². The van der Waals surface area contributed by atoms with Crippen LogP contribution in [0.3, 0.4) is 0 Å². The van der Waals surface area contributed by atoms with Crippen LogP contribution in [0.15, 0.2) is 12.1 Å². The maximum Gasteiger partial charge on any atom is 0.116 e. The maximum atomic E-state index is 9.36. The molecule has 0 aliphatic rings. The quantitative estimate of drug-likeness (QED) is 0.741. The Morgan fingerprint density at radius 3 is 2.13 bits per heavy atom. The van der Waals surface area contributed by atoms with Gasteiger partial charge < -0.3 is 16.6 Å². The van der Waals surface area contributed by atoms with Gasteiger partial charge in [0.25, 0.3) is 0 Å². The molecule has 0 spiro atoms. The molecule has 15 heavy (non-hydrogen) atoms. The summed E-state index contributed by atoms with van der Waals surface area (Å²) >= 11 is 0. The van der Waals surface area contributed by atoms with Crippen LogP contribution in [0.25, 0.3) is 0 Å². The highest BCUT2D eigenvalue weighted by Crippen LogP contribution is 2.26. The summed E-state index contributed by atoms with van der Waals surface area (Å²) in [5.74, 6) is 0.295. The molecule has 0 amide bonds. The summed E-state index contributed by atoms with van der Waals surface area (Å²) in [5.41, 5.74) is 14.6. The van der Waals surface area contributed by atoms with Gasteiger partial charge in [0, 0.05) is 6.04 Å². The van der Waals surface area contributed by atoms with Crippen molar-refractivity contribution in [3.05, 3.63) is 28.8 Å². The zero-order valence-corrected chi connectivity index (χ0v) is 9.97. The summed E-state index contributed by atoms with van der Waals surface area (Å²) < 4.78 is 0. The van der Waals surface area contributed by atoms with Gasteiger partial charge in [0.15, 0.2) is 0 Å². The summed E-state index contributed by atoms with van der Waals surface area (Å²) in [6.07, 6.45) is 0.770. The molecule has 4 heteroatoms. The van der Waals surface area contributed by atoms with Crippen LogP contribution >= 0.6 is 12.4 Å². The third-order valence-corrected chi connectivity index (χ3v) is 2.43. The third kappa shape index (κ3) is 3.38. The molecule has 0 radical (unpaired) electrons. The highest BCUT2D eigenvalue weighted by molar-refractivity contribution is 5.85. The van der Waals surface area contributed by atoms with E-state index in [-0.39, 0.29) is 18.4 Å². The summed E-state index contributed by atoms with van der Waals surface area (Å²) in [6, 6.07) is 3.44. The standard InChI is InChI=1S/C11H18N2O.ClH/c1-7-5-9(14)6-8(2)11(7)10(13)3-4-12;/h5-6,10,14H,3-4,12-13H2,1-2H3;1H/t10-;/m1./s1. The van der Waals surface area contributed by atoms with Crippen molar-refractivity contribution in [3.63, 3.8) is 0 Å². The van der Waals surface area contributed by atoms with Crippen LogP contribution in [0.1, 0.15) is 29.2 Å². The molecule has 3 nitrogen and oxygen atoms in total. The number of nitrogens with two attached hydrogens (primary N) is 2. The number of aromatic hydroxyl groups is 1. The molecule has 86 valence electrons. The summed E-state index contributed by atoms with van der Waals surface area (Å²) in [7, 11) is 0. The zero-order valence-electron chi connectivity index (χ0n) is 9.16. The minimum atomic E-state index is -0.0272. The molecule has 0 aliphatic carbocycles. The van der Waals surface area contributed by atoms with Gasteiger partial charge in [0.1, 0.15) is 5.75 Å². The van der Waals surface area contributed by atoms with E-state index in [0.29, 0.717) is 12.3 Å². The summed E-state index contributed by atoms with van der Waals surface area (Å²) in [4.78, 5) is 0. The van der Waals surface area contributed by atoms with Gasteiger partial charge in [-0.3, -0.25) is 0 Å². The lowest BCUT2D eigenvalue weighted by molar-refractivity contribution is 0.473. The summed E-state index contributed by atoms with van der Waals surface area (Å²) in [6.45, 7) is 4.50. The van der Waals surface area contributed by atoms with Crippen molar-refractivity contribution in [1.82, 2.24) is 0 Å². The first kappa shape index (κ1) is 14.2. The monoisotopic (exact) mass is 230 g/mol. The number of hydrogen-bond donors (Lipinski definition) is 3. The molecule has 1 aromatic carbocycles. The third-order valence-electron chi connectivity index (χ3n) is 2.43.